The third-order valence-corrected chi connectivity index (χ3v) is 1.10. The van der Waals surface area contributed by atoms with E-state index < -0.39 is 15.6 Å². The summed E-state index contributed by atoms with van der Waals surface area (Å²) in [7, 11) is -6.00. The van der Waals surface area contributed by atoms with Crippen molar-refractivity contribution in [2.75, 3.05) is 0 Å². The van der Waals surface area contributed by atoms with E-state index >= 15 is 0 Å². The molecule has 10 heavy (non-hydrogen) atoms. The molecule has 0 amide bonds. The highest BCUT2D eigenvalue weighted by Gasteiger charge is 2.48. The van der Waals surface area contributed by atoms with Crippen molar-refractivity contribution in [3.8, 4) is 0 Å². The topological polar surface area (TPSA) is 43.4 Å². The Balaban J connectivity index is 0. The average Bonchev–Trinajstić information content (AvgIpc) is 1.64. The molecule has 0 fully saturated rings. The summed E-state index contributed by atoms with van der Waals surface area (Å²) in [4.78, 5) is 0. The molecule has 0 heterocycles. The Morgan fingerprint density at radius 2 is 1.50 bits per heavy atom. The summed E-state index contributed by atoms with van der Waals surface area (Å²) in [6.45, 7) is 0. The van der Waals surface area contributed by atoms with Crippen molar-refractivity contribution in [2.45, 2.75) is 5.51 Å². The minimum atomic E-state index is -6.00. The molecule has 0 saturated carbocycles. The molecule has 0 aliphatic carbocycles. The van der Waals surface area contributed by atoms with Gasteiger partial charge in [-0.3, -0.25) is 0 Å². The number of halogens is 4. The second-order valence-corrected chi connectivity index (χ2v) is 2.46. The van der Waals surface area contributed by atoms with Crippen LogP contribution in [0.5, 0.6) is 0 Å². The number of alkyl halides is 3. The zero-order chi connectivity index (χ0) is 7.71. The summed E-state index contributed by atoms with van der Waals surface area (Å²) < 4.78 is 63.3. The minimum absolute atomic E-state index is 0. The zero-order valence-corrected chi connectivity index (χ0v) is 5.96. The Morgan fingerprint density at radius 1 is 1.20 bits per heavy atom. The molecule has 64 valence electrons. The first-order chi connectivity index (χ1) is 3.81. The Labute approximate surface area is 60.4 Å². The van der Waals surface area contributed by atoms with Gasteiger partial charge in [-0.25, -0.2) is 0 Å². The van der Waals surface area contributed by atoms with Gasteiger partial charge < -0.3 is 0 Å². The average molecular weight is 202 g/mol. The van der Waals surface area contributed by atoms with Crippen molar-refractivity contribution in [1.29, 1.82) is 0 Å². The molecule has 0 atom stereocenters. The van der Waals surface area contributed by atoms with Crippen LogP contribution in [0.15, 0.2) is 0 Å². The Kier molecular flexibility index (Phi) is 4.29. The van der Waals surface area contributed by atoms with Gasteiger partial charge in [0.05, 0.1) is 0 Å². The van der Waals surface area contributed by atoms with E-state index in [1.165, 1.54) is 0 Å². The van der Waals surface area contributed by atoms with Gasteiger partial charge in [-0.05, 0) is 4.53 Å². The van der Waals surface area contributed by atoms with E-state index in [0.717, 1.165) is 0 Å². The molecular formula is CH2F4O3S2. The van der Waals surface area contributed by atoms with Crippen molar-refractivity contribution in [3.05, 3.63) is 0 Å². The first kappa shape index (κ1) is 12.6. The van der Waals surface area contributed by atoms with E-state index in [9.17, 15) is 26.1 Å². The van der Waals surface area contributed by atoms with Crippen LogP contribution in [0.25, 0.3) is 0 Å². The smallest absolute Gasteiger partial charge is 0.197 e. The molecular weight excluding hydrogens is 200 g/mol. The van der Waals surface area contributed by atoms with Crippen molar-refractivity contribution in [2.24, 2.45) is 0 Å². The first-order valence-corrected chi connectivity index (χ1v) is 2.83. The molecule has 0 bridgehead atoms. The lowest BCUT2D eigenvalue weighted by molar-refractivity contribution is -0.0849. The maximum absolute atomic E-state index is 10.9. The molecule has 0 aromatic heterocycles. The number of rotatable bonds is 1. The molecule has 0 aromatic rings. The van der Waals surface area contributed by atoms with Crippen molar-refractivity contribution >= 4 is 23.6 Å². The Morgan fingerprint density at radius 3 is 1.50 bits per heavy atom. The fraction of sp³-hybridized carbons (Fsp3) is 1.00. The van der Waals surface area contributed by atoms with Crippen LogP contribution < -0.4 is 0 Å². The van der Waals surface area contributed by atoms with E-state index in [4.69, 9.17) is 0 Å². The van der Waals surface area contributed by atoms with E-state index in [1.807, 2.05) is 0 Å². The highest BCUT2D eigenvalue weighted by Crippen LogP contribution is 2.24. The van der Waals surface area contributed by atoms with Gasteiger partial charge in [-0.2, -0.15) is 35.1 Å². The summed E-state index contributed by atoms with van der Waals surface area (Å²) in [5.74, 6) is 0. The summed E-state index contributed by atoms with van der Waals surface area (Å²) in [5.41, 5.74) is -5.68. The molecule has 9 heteroatoms. The zero-order valence-electron chi connectivity index (χ0n) is 4.14. The highest BCUT2D eigenvalue weighted by atomic mass is 32.2. The Hall–Kier alpha value is -0.0200. The van der Waals surface area contributed by atoms with Crippen LogP contribution in [0.1, 0.15) is 0 Å². The van der Waals surface area contributed by atoms with Gasteiger partial charge in [0.15, 0.2) is 0 Å². The maximum atomic E-state index is 10.9. The van der Waals surface area contributed by atoms with Gasteiger partial charge in [0.25, 0.3) is 0 Å². The lowest BCUT2D eigenvalue weighted by Crippen LogP contribution is -2.22. The molecule has 0 spiro atoms. The van der Waals surface area contributed by atoms with Crippen LogP contribution >= 0.6 is 13.5 Å². The molecule has 0 unspecified atom stereocenters. The van der Waals surface area contributed by atoms with E-state index in [1.54, 1.807) is 4.39 Å². The third kappa shape index (κ3) is 2.71. The van der Waals surface area contributed by atoms with Crippen LogP contribution in [-0.4, -0.2) is 13.9 Å². The van der Waals surface area contributed by atoms with Crippen LogP contribution in [0.4, 0.5) is 17.7 Å². The van der Waals surface area contributed by atoms with E-state index in [-0.39, 0.29) is 13.5 Å². The molecule has 0 aromatic carbocycles. The molecule has 0 radical (unpaired) electrons. The SMILES string of the molecule is O=S(=O)(OF)C(F)(F)F.S. The molecule has 3 nitrogen and oxygen atoms in total. The van der Waals surface area contributed by atoms with Gasteiger partial charge in [0, 0.05) is 0 Å². The standard InChI is InChI=1S/CF4O3S.H2S/c2-1(3,4)9(6,7)8-5;/h;1H2. The minimum Gasteiger partial charge on any atom is -0.197 e. The quantitative estimate of drug-likeness (QED) is 0.467. The highest BCUT2D eigenvalue weighted by molar-refractivity contribution is 7.87. The van der Waals surface area contributed by atoms with Gasteiger partial charge in [-0.1, -0.05) is 4.39 Å². The van der Waals surface area contributed by atoms with Crippen molar-refractivity contribution in [1.82, 2.24) is 0 Å². The predicted octanol–water partition coefficient (Wildman–Crippen LogP) is 0.850. The molecule has 0 rings (SSSR count). The monoisotopic (exact) mass is 202 g/mol. The van der Waals surface area contributed by atoms with Crippen LogP contribution in [0.2, 0.25) is 0 Å². The third-order valence-electron chi connectivity index (χ3n) is 0.366. The number of hydrogen-bond donors (Lipinski definition) is 0. The van der Waals surface area contributed by atoms with E-state index in [0.29, 0.717) is 0 Å². The van der Waals surface area contributed by atoms with Gasteiger partial charge in [0.2, 0.25) is 0 Å². The van der Waals surface area contributed by atoms with Gasteiger partial charge >= 0.3 is 15.6 Å². The first-order valence-electron chi connectivity index (χ1n) is 1.43. The lowest BCUT2D eigenvalue weighted by Gasteiger charge is -1.99. The second kappa shape index (κ2) is 3.39. The fourth-order valence-corrected chi connectivity index (χ4v) is 0.107. The van der Waals surface area contributed by atoms with E-state index in [2.05, 4.69) is 0 Å². The molecule has 0 saturated heterocycles. The summed E-state index contributed by atoms with van der Waals surface area (Å²) >= 11 is 0. The summed E-state index contributed by atoms with van der Waals surface area (Å²) in [5, 5.41) is 0. The van der Waals surface area contributed by atoms with Crippen molar-refractivity contribution in [3.63, 3.8) is 0 Å². The van der Waals surface area contributed by atoms with Crippen LogP contribution in [-0.2, 0) is 14.5 Å². The van der Waals surface area contributed by atoms with Crippen LogP contribution in [0, 0.1) is 0 Å². The normalized spacial score (nSPS) is 12.4. The fourth-order valence-electron chi connectivity index (χ4n) is 0.0357. The van der Waals surface area contributed by atoms with Gasteiger partial charge in [0.1, 0.15) is 0 Å². The largest absolute Gasteiger partial charge is 0.525 e. The van der Waals surface area contributed by atoms with Crippen LogP contribution in [0.3, 0.4) is 0 Å². The molecule has 0 N–H and O–H groups in total. The van der Waals surface area contributed by atoms with Crippen molar-refractivity contribution < 1.29 is 30.5 Å². The summed E-state index contributed by atoms with van der Waals surface area (Å²) in [6, 6.07) is 0. The maximum Gasteiger partial charge on any atom is 0.525 e. The Bertz CT molecular complexity index is 179. The molecule has 0 aliphatic rings. The second-order valence-electron chi connectivity index (χ2n) is 0.963. The van der Waals surface area contributed by atoms with Gasteiger partial charge in [-0.15, -0.1) is 0 Å². The lowest BCUT2D eigenvalue weighted by atomic mass is 11.6. The molecule has 0 aliphatic heterocycles. The summed E-state index contributed by atoms with van der Waals surface area (Å²) in [6.07, 6.45) is 0. The number of hydrogen-bond acceptors (Lipinski definition) is 3. The predicted molar refractivity (Wildman–Crippen MR) is 27.5 cm³/mol.